The Bertz CT molecular complexity index is 259. The average Bonchev–Trinajstić information content (AvgIpc) is 2.37. The van der Waals surface area contributed by atoms with Crippen LogP contribution in [0.25, 0.3) is 0 Å². The van der Waals surface area contributed by atoms with Crippen LogP contribution in [0, 0.1) is 5.92 Å². The van der Waals surface area contributed by atoms with Crippen molar-refractivity contribution in [3.63, 3.8) is 0 Å². The first kappa shape index (κ1) is 15.4. The molecule has 18 heavy (non-hydrogen) atoms. The molecule has 0 heterocycles. The molecule has 1 amide bonds. The van der Waals surface area contributed by atoms with E-state index in [9.17, 15) is 4.79 Å². The predicted octanol–water partition coefficient (Wildman–Crippen LogP) is 1.78. The SMILES string of the molecule is CC1CCC(CN)(OCCCC(=O)N(C)C)CC1. The van der Waals surface area contributed by atoms with Crippen LogP contribution in [0.3, 0.4) is 0 Å². The first-order chi connectivity index (χ1) is 8.49. The van der Waals surface area contributed by atoms with E-state index in [1.54, 1.807) is 19.0 Å². The fourth-order valence-electron chi connectivity index (χ4n) is 2.43. The van der Waals surface area contributed by atoms with Crippen molar-refractivity contribution in [3.8, 4) is 0 Å². The average molecular weight is 256 g/mol. The van der Waals surface area contributed by atoms with E-state index in [1.807, 2.05) is 0 Å². The lowest BCUT2D eigenvalue weighted by Gasteiger charge is -2.38. The number of ether oxygens (including phenoxy) is 1. The zero-order chi connectivity index (χ0) is 13.6. The number of rotatable bonds is 6. The Morgan fingerprint density at radius 2 is 2.00 bits per heavy atom. The van der Waals surface area contributed by atoms with Gasteiger partial charge in [-0.3, -0.25) is 4.79 Å². The number of amides is 1. The molecule has 1 rings (SSSR count). The molecule has 1 aliphatic carbocycles. The number of nitrogens with zero attached hydrogens (tertiary/aromatic N) is 1. The molecule has 0 aromatic rings. The third-order valence-electron chi connectivity index (χ3n) is 4.00. The molecule has 4 heteroatoms. The first-order valence-electron chi connectivity index (χ1n) is 7.03. The van der Waals surface area contributed by atoms with Gasteiger partial charge in [-0.25, -0.2) is 0 Å². The van der Waals surface area contributed by atoms with Crippen LogP contribution in [0.4, 0.5) is 0 Å². The van der Waals surface area contributed by atoms with Gasteiger partial charge in [-0.05, 0) is 38.0 Å². The molecule has 4 nitrogen and oxygen atoms in total. The van der Waals surface area contributed by atoms with Crippen molar-refractivity contribution in [2.75, 3.05) is 27.2 Å². The van der Waals surface area contributed by atoms with E-state index >= 15 is 0 Å². The van der Waals surface area contributed by atoms with Crippen LogP contribution in [0.5, 0.6) is 0 Å². The van der Waals surface area contributed by atoms with Crippen molar-refractivity contribution in [1.82, 2.24) is 4.90 Å². The smallest absolute Gasteiger partial charge is 0.222 e. The van der Waals surface area contributed by atoms with Gasteiger partial charge in [0.2, 0.25) is 5.91 Å². The molecule has 1 aliphatic rings. The maximum Gasteiger partial charge on any atom is 0.222 e. The molecule has 0 bridgehead atoms. The zero-order valence-electron chi connectivity index (χ0n) is 12.1. The third kappa shape index (κ3) is 4.58. The molecule has 0 unspecified atom stereocenters. The zero-order valence-corrected chi connectivity index (χ0v) is 12.1. The van der Waals surface area contributed by atoms with E-state index in [1.165, 1.54) is 12.8 Å². The molecular formula is C14H28N2O2. The molecule has 0 saturated heterocycles. The van der Waals surface area contributed by atoms with Gasteiger partial charge < -0.3 is 15.4 Å². The molecule has 1 saturated carbocycles. The van der Waals surface area contributed by atoms with Gasteiger partial charge in [0.05, 0.1) is 5.60 Å². The Balaban J connectivity index is 2.26. The minimum Gasteiger partial charge on any atom is -0.374 e. The second-order valence-electron chi connectivity index (χ2n) is 5.81. The summed E-state index contributed by atoms with van der Waals surface area (Å²) in [6, 6.07) is 0. The highest BCUT2D eigenvalue weighted by Crippen LogP contribution is 2.34. The van der Waals surface area contributed by atoms with Gasteiger partial charge in [-0.15, -0.1) is 0 Å². The van der Waals surface area contributed by atoms with Crippen LogP contribution in [-0.2, 0) is 9.53 Å². The third-order valence-corrected chi connectivity index (χ3v) is 4.00. The van der Waals surface area contributed by atoms with Crippen molar-refractivity contribution < 1.29 is 9.53 Å². The van der Waals surface area contributed by atoms with Crippen LogP contribution in [0.1, 0.15) is 45.4 Å². The standard InChI is InChI=1S/C14H28N2O2/c1-12-6-8-14(11-15,9-7-12)18-10-4-5-13(17)16(2)3/h12H,4-11,15H2,1-3H3. The second kappa shape index (κ2) is 7.10. The van der Waals surface area contributed by atoms with Gasteiger partial charge in [0.15, 0.2) is 0 Å². The molecular weight excluding hydrogens is 228 g/mol. The van der Waals surface area contributed by atoms with E-state index in [-0.39, 0.29) is 11.5 Å². The Morgan fingerprint density at radius 1 is 1.39 bits per heavy atom. The lowest BCUT2D eigenvalue weighted by molar-refractivity contribution is -0.129. The Hall–Kier alpha value is -0.610. The topological polar surface area (TPSA) is 55.6 Å². The number of nitrogens with two attached hydrogens (primary N) is 1. The van der Waals surface area contributed by atoms with Gasteiger partial charge in [-0.1, -0.05) is 6.92 Å². The van der Waals surface area contributed by atoms with E-state index in [2.05, 4.69) is 6.92 Å². The Kier molecular flexibility index (Phi) is 6.09. The highest BCUT2D eigenvalue weighted by atomic mass is 16.5. The fraction of sp³-hybridized carbons (Fsp3) is 0.929. The number of hydrogen-bond donors (Lipinski definition) is 1. The first-order valence-corrected chi connectivity index (χ1v) is 7.03. The second-order valence-corrected chi connectivity index (χ2v) is 5.81. The van der Waals surface area contributed by atoms with Crippen molar-refractivity contribution in [2.24, 2.45) is 11.7 Å². The summed E-state index contributed by atoms with van der Waals surface area (Å²) < 4.78 is 6.00. The minimum absolute atomic E-state index is 0.117. The van der Waals surface area contributed by atoms with Gasteiger partial charge in [-0.2, -0.15) is 0 Å². The molecule has 0 aromatic carbocycles. The summed E-state index contributed by atoms with van der Waals surface area (Å²) in [5.74, 6) is 0.959. The fourth-order valence-corrected chi connectivity index (χ4v) is 2.43. The summed E-state index contributed by atoms with van der Waals surface area (Å²) in [7, 11) is 3.57. The van der Waals surface area contributed by atoms with Crippen LogP contribution < -0.4 is 5.73 Å². The molecule has 0 radical (unpaired) electrons. The van der Waals surface area contributed by atoms with Crippen molar-refractivity contribution >= 4 is 5.91 Å². The summed E-state index contributed by atoms with van der Waals surface area (Å²) in [4.78, 5) is 13.1. The number of carbonyl (C=O) groups excluding carboxylic acids is 1. The molecule has 106 valence electrons. The van der Waals surface area contributed by atoms with Crippen molar-refractivity contribution in [3.05, 3.63) is 0 Å². The van der Waals surface area contributed by atoms with Crippen molar-refractivity contribution in [2.45, 2.75) is 51.0 Å². The number of carbonyl (C=O) groups is 1. The summed E-state index contributed by atoms with van der Waals surface area (Å²) in [6.45, 7) is 3.53. The summed E-state index contributed by atoms with van der Waals surface area (Å²) in [5.41, 5.74) is 5.76. The summed E-state index contributed by atoms with van der Waals surface area (Å²) in [5, 5.41) is 0. The van der Waals surface area contributed by atoms with Gasteiger partial charge in [0.1, 0.15) is 0 Å². The van der Waals surface area contributed by atoms with Gasteiger partial charge >= 0.3 is 0 Å². The Morgan fingerprint density at radius 3 is 2.50 bits per heavy atom. The minimum atomic E-state index is -0.117. The molecule has 2 N–H and O–H groups in total. The molecule has 0 atom stereocenters. The lowest BCUT2D eigenvalue weighted by atomic mass is 9.79. The Labute approximate surface area is 111 Å². The quantitative estimate of drug-likeness (QED) is 0.737. The van der Waals surface area contributed by atoms with Crippen LogP contribution >= 0.6 is 0 Å². The predicted molar refractivity (Wildman–Crippen MR) is 73.3 cm³/mol. The van der Waals surface area contributed by atoms with E-state index in [0.717, 1.165) is 25.2 Å². The summed E-state index contributed by atoms with van der Waals surface area (Å²) in [6.07, 6.45) is 5.87. The van der Waals surface area contributed by atoms with Crippen LogP contribution in [0.15, 0.2) is 0 Å². The molecule has 0 aromatic heterocycles. The van der Waals surface area contributed by atoms with Gasteiger partial charge in [0, 0.05) is 33.7 Å². The van der Waals surface area contributed by atoms with Crippen LogP contribution in [-0.4, -0.2) is 43.7 Å². The van der Waals surface area contributed by atoms with E-state index < -0.39 is 0 Å². The number of hydrogen-bond acceptors (Lipinski definition) is 3. The monoisotopic (exact) mass is 256 g/mol. The van der Waals surface area contributed by atoms with E-state index in [4.69, 9.17) is 10.5 Å². The highest BCUT2D eigenvalue weighted by Gasteiger charge is 2.33. The maximum atomic E-state index is 11.4. The normalized spacial score (nSPS) is 28.1. The molecule has 0 aliphatic heterocycles. The van der Waals surface area contributed by atoms with Crippen LogP contribution in [0.2, 0.25) is 0 Å². The highest BCUT2D eigenvalue weighted by molar-refractivity contribution is 5.75. The molecule has 0 spiro atoms. The van der Waals surface area contributed by atoms with Crippen molar-refractivity contribution in [1.29, 1.82) is 0 Å². The molecule has 1 fully saturated rings. The van der Waals surface area contributed by atoms with Gasteiger partial charge in [0.25, 0.3) is 0 Å². The maximum absolute atomic E-state index is 11.4. The summed E-state index contributed by atoms with van der Waals surface area (Å²) >= 11 is 0. The largest absolute Gasteiger partial charge is 0.374 e. The lowest BCUT2D eigenvalue weighted by Crippen LogP contribution is -2.44. The van der Waals surface area contributed by atoms with E-state index in [0.29, 0.717) is 19.6 Å².